The van der Waals surface area contributed by atoms with Crippen molar-refractivity contribution in [2.75, 3.05) is 7.11 Å². The Morgan fingerprint density at radius 2 is 2.23 bits per heavy atom. The summed E-state index contributed by atoms with van der Waals surface area (Å²) in [6.07, 6.45) is -1.86. The summed E-state index contributed by atoms with van der Waals surface area (Å²) in [6, 6.07) is 0. The van der Waals surface area contributed by atoms with Gasteiger partial charge in [-0.3, -0.25) is 0 Å². The van der Waals surface area contributed by atoms with Crippen LogP contribution in [-0.4, -0.2) is 17.2 Å². The maximum absolute atomic E-state index is 12.4. The topological polar surface area (TPSA) is 42.4 Å². The number of pyridine rings is 1. The quantitative estimate of drug-likeness (QED) is 0.824. The predicted molar refractivity (Wildman–Crippen MR) is 45.1 cm³/mol. The molecule has 0 aromatic carbocycles. The molecule has 1 heterocycles. The van der Waals surface area contributed by atoms with E-state index >= 15 is 0 Å². The maximum atomic E-state index is 12.4. The van der Waals surface area contributed by atoms with Gasteiger partial charge in [-0.05, 0) is 15.9 Å². The van der Waals surface area contributed by atoms with Gasteiger partial charge in [-0.2, -0.15) is 0 Å². The van der Waals surface area contributed by atoms with Crippen LogP contribution in [0.15, 0.2) is 10.8 Å². The van der Waals surface area contributed by atoms with Crippen LogP contribution in [0.5, 0.6) is 11.5 Å². The number of hydrogen-bond acceptors (Lipinski definition) is 3. The summed E-state index contributed by atoms with van der Waals surface area (Å²) in [5, 5.41) is 9.07. The number of hydrogen-bond donors (Lipinski definition) is 1. The highest BCUT2D eigenvalue weighted by Gasteiger charge is 2.21. The van der Waals surface area contributed by atoms with Gasteiger partial charge in [0.05, 0.1) is 13.3 Å². The zero-order valence-corrected chi connectivity index (χ0v) is 8.18. The van der Waals surface area contributed by atoms with Gasteiger partial charge in [0.25, 0.3) is 6.43 Å². The number of rotatable bonds is 2. The van der Waals surface area contributed by atoms with Gasteiger partial charge >= 0.3 is 0 Å². The third-order valence-electron chi connectivity index (χ3n) is 1.43. The second-order valence-corrected chi connectivity index (χ2v) is 2.93. The van der Waals surface area contributed by atoms with Crippen LogP contribution in [-0.2, 0) is 0 Å². The van der Waals surface area contributed by atoms with Crippen molar-refractivity contribution < 1.29 is 18.6 Å². The van der Waals surface area contributed by atoms with Gasteiger partial charge in [-0.15, -0.1) is 0 Å². The number of alkyl halides is 2. The average molecular weight is 254 g/mol. The predicted octanol–water partition coefficient (Wildman–Crippen LogP) is 2.50. The van der Waals surface area contributed by atoms with Crippen molar-refractivity contribution in [2.24, 2.45) is 0 Å². The van der Waals surface area contributed by atoms with Crippen LogP contribution < -0.4 is 4.74 Å². The lowest BCUT2D eigenvalue weighted by atomic mass is 10.2. The van der Waals surface area contributed by atoms with Gasteiger partial charge in [-0.25, -0.2) is 13.8 Å². The van der Waals surface area contributed by atoms with Crippen molar-refractivity contribution in [3.63, 3.8) is 0 Å². The molecule has 13 heavy (non-hydrogen) atoms. The van der Waals surface area contributed by atoms with E-state index < -0.39 is 17.7 Å². The SMILES string of the molecule is COc1c(Br)ncc(O)c1C(F)F. The highest BCUT2D eigenvalue weighted by Crippen LogP contribution is 2.39. The minimum absolute atomic E-state index is 0.142. The molecule has 0 amide bonds. The first-order chi connectivity index (χ1) is 6.07. The second kappa shape index (κ2) is 3.87. The molecule has 0 aliphatic carbocycles. The third kappa shape index (κ3) is 1.88. The summed E-state index contributed by atoms with van der Waals surface area (Å²) >= 11 is 2.93. The molecule has 0 aliphatic rings. The molecule has 0 atom stereocenters. The van der Waals surface area contributed by atoms with E-state index in [0.29, 0.717) is 0 Å². The van der Waals surface area contributed by atoms with Crippen LogP contribution in [0.2, 0.25) is 0 Å². The van der Waals surface area contributed by atoms with E-state index in [4.69, 9.17) is 5.11 Å². The molecule has 3 nitrogen and oxygen atoms in total. The summed E-state index contributed by atoms with van der Waals surface area (Å²) < 4.78 is 29.5. The van der Waals surface area contributed by atoms with Crippen molar-refractivity contribution in [3.05, 3.63) is 16.4 Å². The fourth-order valence-corrected chi connectivity index (χ4v) is 1.36. The molecule has 6 heteroatoms. The van der Waals surface area contributed by atoms with Crippen molar-refractivity contribution in [1.29, 1.82) is 0 Å². The minimum atomic E-state index is -2.80. The Labute approximate surface area is 81.5 Å². The van der Waals surface area contributed by atoms with Gasteiger partial charge in [0.2, 0.25) is 0 Å². The molecular weight excluding hydrogens is 248 g/mol. The highest BCUT2D eigenvalue weighted by atomic mass is 79.9. The normalized spacial score (nSPS) is 10.5. The Balaban J connectivity index is 3.35. The molecule has 0 bridgehead atoms. The van der Waals surface area contributed by atoms with Gasteiger partial charge < -0.3 is 9.84 Å². The fraction of sp³-hybridized carbons (Fsp3) is 0.286. The standard InChI is InChI=1S/C7H6BrF2NO2/c1-13-5-4(7(9)10)3(12)2-11-6(5)8/h2,7,12H,1H3. The number of aromatic hydroxyl groups is 1. The summed E-state index contributed by atoms with van der Waals surface area (Å²) in [5.41, 5.74) is -0.552. The van der Waals surface area contributed by atoms with Gasteiger partial charge in [0.15, 0.2) is 5.75 Å². The van der Waals surface area contributed by atoms with E-state index in [1.807, 2.05) is 0 Å². The maximum Gasteiger partial charge on any atom is 0.271 e. The first kappa shape index (κ1) is 10.2. The van der Waals surface area contributed by atoms with E-state index in [2.05, 4.69) is 25.7 Å². The van der Waals surface area contributed by atoms with Crippen molar-refractivity contribution in [1.82, 2.24) is 4.98 Å². The smallest absolute Gasteiger partial charge is 0.271 e. The molecule has 1 aromatic heterocycles. The molecule has 0 unspecified atom stereocenters. The molecule has 1 aromatic rings. The monoisotopic (exact) mass is 253 g/mol. The molecule has 0 saturated heterocycles. The van der Waals surface area contributed by atoms with Crippen LogP contribution in [0.4, 0.5) is 8.78 Å². The highest BCUT2D eigenvalue weighted by molar-refractivity contribution is 9.10. The first-order valence-electron chi connectivity index (χ1n) is 3.27. The molecule has 1 N–H and O–H groups in total. The fourth-order valence-electron chi connectivity index (χ4n) is 0.878. The number of methoxy groups -OCH3 is 1. The zero-order valence-electron chi connectivity index (χ0n) is 6.59. The molecule has 0 spiro atoms. The lowest BCUT2D eigenvalue weighted by Gasteiger charge is -2.09. The molecule has 72 valence electrons. The lowest BCUT2D eigenvalue weighted by molar-refractivity contribution is 0.142. The molecular formula is C7H6BrF2NO2. The van der Waals surface area contributed by atoms with Crippen LogP contribution in [0.3, 0.4) is 0 Å². The molecule has 0 saturated carbocycles. The minimum Gasteiger partial charge on any atom is -0.506 e. The molecule has 0 aliphatic heterocycles. The Hall–Kier alpha value is -0.910. The van der Waals surface area contributed by atoms with Gasteiger partial charge in [0.1, 0.15) is 15.9 Å². The number of aromatic nitrogens is 1. The summed E-state index contributed by atoms with van der Waals surface area (Å²) in [4.78, 5) is 3.60. The van der Waals surface area contributed by atoms with Crippen LogP contribution in [0, 0.1) is 0 Å². The molecule has 1 rings (SSSR count). The molecule has 0 radical (unpaired) electrons. The van der Waals surface area contributed by atoms with Gasteiger partial charge in [-0.1, -0.05) is 0 Å². The van der Waals surface area contributed by atoms with E-state index in [-0.39, 0.29) is 10.4 Å². The van der Waals surface area contributed by atoms with Crippen LogP contribution in [0.1, 0.15) is 12.0 Å². The van der Waals surface area contributed by atoms with E-state index in [9.17, 15) is 8.78 Å². The Kier molecular flexibility index (Phi) is 3.02. The number of ether oxygens (including phenoxy) is 1. The Morgan fingerprint density at radius 3 is 2.62 bits per heavy atom. The van der Waals surface area contributed by atoms with Crippen molar-refractivity contribution in [3.8, 4) is 11.5 Å². The van der Waals surface area contributed by atoms with E-state index in [1.54, 1.807) is 0 Å². The summed E-state index contributed by atoms with van der Waals surface area (Å²) in [6.45, 7) is 0. The van der Waals surface area contributed by atoms with Crippen molar-refractivity contribution >= 4 is 15.9 Å². The molecule has 0 fully saturated rings. The van der Waals surface area contributed by atoms with Crippen LogP contribution >= 0.6 is 15.9 Å². The number of nitrogens with zero attached hydrogens (tertiary/aromatic N) is 1. The Morgan fingerprint density at radius 1 is 1.62 bits per heavy atom. The third-order valence-corrected chi connectivity index (χ3v) is 2.00. The van der Waals surface area contributed by atoms with E-state index in [1.165, 1.54) is 7.11 Å². The zero-order chi connectivity index (χ0) is 10.0. The number of halogens is 3. The van der Waals surface area contributed by atoms with Crippen molar-refractivity contribution in [2.45, 2.75) is 6.43 Å². The lowest BCUT2D eigenvalue weighted by Crippen LogP contribution is -1.96. The summed E-state index contributed by atoms with van der Waals surface area (Å²) in [7, 11) is 1.23. The van der Waals surface area contributed by atoms with Gasteiger partial charge in [0, 0.05) is 0 Å². The van der Waals surface area contributed by atoms with Crippen LogP contribution in [0.25, 0.3) is 0 Å². The summed E-state index contributed by atoms with van der Waals surface area (Å²) in [5.74, 6) is -0.718. The van der Waals surface area contributed by atoms with E-state index in [0.717, 1.165) is 6.20 Å². The average Bonchev–Trinajstić information content (AvgIpc) is 2.07. The Bertz CT molecular complexity index is 320. The largest absolute Gasteiger partial charge is 0.506 e. The second-order valence-electron chi connectivity index (χ2n) is 2.18. The first-order valence-corrected chi connectivity index (χ1v) is 4.06.